The Hall–Kier alpha value is -2.17. The van der Waals surface area contributed by atoms with Crippen molar-refractivity contribution in [3.8, 4) is 6.07 Å². The number of nitriles is 1. The van der Waals surface area contributed by atoms with Gasteiger partial charge in [0.2, 0.25) is 0 Å². The molecule has 1 aromatic rings. The molecule has 106 valence electrons. The molecule has 2 rings (SSSR count). The number of hydrogen-bond donors (Lipinski definition) is 1. The zero-order valence-corrected chi connectivity index (χ0v) is 11.0. The highest BCUT2D eigenvalue weighted by Gasteiger charge is 2.23. The quantitative estimate of drug-likeness (QED) is 0.638. The molecular formula is C13H16N4O3. The topological polar surface area (TPSA) is 93.6 Å². The van der Waals surface area contributed by atoms with Gasteiger partial charge >= 0.3 is 0 Å². The Kier molecular flexibility index (Phi) is 4.50. The van der Waals surface area contributed by atoms with Crippen molar-refractivity contribution in [2.75, 3.05) is 44.2 Å². The predicted molar refractivity (Wildman–Crippen MR) is 73.6 cm³/mol. The average Bonchev–Trinajstić information content (AvgIpc) is 2.47. The molecule has 1 aliphatic heterocycles. The van der Waals surface area contributed by atoms with E-state index in [2.05, 4.69) is 4.90 Å². The van der Waals surface area contributed by atoms with Crippen LogP contribution in [-0.2, 0) is 0 Å². The van der Waals surface area contributed by atoms with Gasteiger partial charge in [0.1, 0.15) is 5.69 Å². The summed E-state index contributed by atoms with van der Waals surface area (Å²) >= 11 is 0. The first-order valence-corrected chi connectivity index (χ1v) is 6.42. The molecule has 7 heteroatoms. The predicted octanol–water partition coefficient (Wildman–Crippen LogP) is 0.581. The van der Waals surface area contributed by atoms with E-state index in [1.54, 1.807) is 6.07 Å². The molecule has 1 aliphatic rings. The summed E-state index contributed by atoms with van der Waals surface area (Å²) < 4.78 is 0. The van der Waals surface area contributed by atoms with Crippen LogP contribution in [0.1, 0.15) is 5.56 Å². The van der Waals surface area contributed by atoms with Crippen molar-refractivity contribution in [2.24, 2.45) is 0 Å². The zero-order valence-electron chi connectivity index (χ0n) is 11.0. The van der Waals surface area contributed by atoms with E-state index in [1.165, 1.54) is 12.1 Å². The van der Waals surface area contributed by atoms with Gasteiger partial charge in [-0.15, -0.1) is 0 Å². The third-order valence-corrected chi connectivity index (χ3v) is 3.43. The maximum Gasteiger partial charge on any atom is 0.292 e. The van der Waals surface area contributed by atoms with Gasteiger partial charge in [-0.2, -0.15) is 5.26 Å². The van der Waals surface area contributed by atoms with Crippen LogP contribution in [-0.4, -0.2) is 54.3 Å². The van der Waals surface area contributed by atoms with E-state index in [0.29, 0.717) is 30.9 Å². The summed E-state index contributed by atoms with van der Waals surface area (Å²) in [6.45, 7) is 3.52. The minimum Gasteiger partial charge on any atom is -0.395 e. The Morgan fingerprint density at radius 1 is 1.35 bits per heavy atom. The summed E-state index contributed by atoms with van der Waals surface area (Å²) in [5, 5.41) is 28.9. The molecule has 1 fully saturated rings. The van der Waals surface area contributed by atoms with Crippen molar-refractivity contribution < 1.29 is 10.0 Å². The lowest BCUT2D eigenvalue weighted by Crippen LogP contribution is -2.47. The summed E-state index contributed by atoms with van der Waals surface area (Å²) in [6.07, 6.45) is 0. The molecule has 0 aliphatic carbocycles. The van der Waals surface area contributed by atoms with Gasteiger partial charge in [0.05, 0.1) is 23.2 Å². The first kappa shape index (κ1) is 14.2. The van der Waals surface area contributed by atoms with Crippen molar-refractivity contribution in [1.29, 1.82) is 5.26 Å². The SMILES string of the molecule is N#Cc1ccc([N+](=O)[O-])c(N2CCN(CCO)CC2)c1. The van der Waals surface area contributed by atoms with Crippen LogP contribution in [0.25, 0.3) is 0 Å². The van der Waals surface area contributed by atoms with Crippen molar-refractivity contribution in [3.63, 3.8) is 0 Å². The van der Waals surface area contributed by atoms with E-state index >= 15 is 0 Å². The van der Waals surface area contributed by atoms with Gasteiger partial charge in [-0.3, -0.25) is 15.0 Å². The monoisotopic (exact) mass is 276 g/mol. The van der Waals surface area contributed by atoms with E-state index in [-0.39, 0.29) is 12.3 Å². The molecule has 1 aromatic carbocycles. The Labute approximate surface area is 116 Å². The first-order valence-electron chi connectivity index (χ1n) is 6.42. The molecule has 0 bridgehead atoms. The number of hydrogen-bond acceptors (Lipinski definition) is 6. The molecule has 0 amide bonds. The summed E-state index contributed by atoms with van der Waals surface area (Å²) in [5.74, 6) is 0. The lowest BCUT2D eigenvalue weighted by Gasteiger charge is -2.35. The second kappa shape index (κ2) is 6.32. The van der Waals surface area contributed by atoms with Crippen LogP contribution < -0.4 is 4.90 Å². The smallest absolute Gasteiger partial charge is 0.292 e. The number of rotatable bonds is 4. The average molecular weight is 276 g/mol. The molecule has 1 heterocycles. The first-order chi connectivity index (χ1) is 9.65. The molecule has 0 aromatic heterocycles. The summed E-state index contributed by atoms with van der Waals surface area (Å²) in [7, 11) is 0. The van der Waals surface area contributed by atoms with Crippen LogP contribution in [0.5, 0.6) is 0 Å². The van der Waals surface area contributed by atoms with Gasteiger partial charge in [-0.05, 0) is 12.1 Å². The molecule has 1 N–H and O–H groups in total. The molecule has 7 nitrogen and oxygen atoms in total. The highest BCUT2D eigenvalue weighted by atomic mass is 16.6. The summed E-state index contributed by atoms with van der Waals surface area (Å²) in [5.41, 5.74) is 0.945. The van der Waals surface area contributed by atoms with Crippen LogP contribution in [0, 0.1) is 21.4 Å². The minimum absolute atomic E-state index is 0.0274. The lowest BCUT2D eigenvalue weighted by atomic mass is 10.1. The highest BCUT2D eigenvalue weighted by Crippen LogP contribution is 2.29. The van der Waals surface area contributed by atoms with E-state index in [9.17, 15) is 10.1 Å². The number of anilines is 1. The number of piperazine rings is 1. The van der Waals surface area contributed by atoms with Crippen LogP contribution in [0.4, 0.5) is 11.4 Å². The van der Waals surface area contributed by atoms with Crippen LogP contribution in [0.2, 0.25) is 0 Å². The van der Waals surface area contributed by atoms with Crippen molar-refractivity contribution >= 4 is 11.4 Å². The normalized spacial score (nSPS) is 15.9. The third kappa shape index (κ3) is 3.04. The summed E-state index contributed by atoms with van der Waals surface area (Å²) in [4.78, 5) is 14.7. The largest absolute Gasteiger partial charge is 0.395 e. The van der Waals surface area contributed by atoms with Crippen LogP contribution >= 0.6 is 0 Å². The lowest BCUT2D eigenvalue weighted by molar-refractivity contribution is -0.384. The Bertz CT molecular complexity index is 533. The second-order valence-electron chi connectivity index (χ2n) is 4.62. The van der Waals surface area contributed by atoms with E-state index in [1.807, 2.05) is 11.0 Å². The number of aliphatic hydroxyl groups excluding tert-OH is 1. The van der Waals surface area contributed by atoms with Gasteiger partial charge in [0, 0.05) is 38.8 Å². The molecule has 0 atom stereocenters. The molecule has 0 saturated carbocycles. The molecule has 0 unspecified atom stereocenters. The van der Waals surface area contributed by atoms with Crippen molar-refractivity contribution in [3.05, 3.63) is 33.9 Å². The maximum absolute atomic E-state index is 11.1. The standard InChI is InChI=1S/C13H16N4O3/c14-10-11-1-2-12(17(19)20)13(9-11)16-5-3-15(4-6-16)7-8-18/h1-2,9,18H,3-8H2. The fourth-order valence-corrected chi connectivity index (χ4v) is 2.35. The van der Waals surface area contributed by atoms with Gasteiger partial charge in [-0.25, -0.2) is 0 Å². The molecule has 0 radical (unpaired) electrons. The van der Waals surface area contributed by atoms with Crippen molar-refractivity contribution in [2.45, 2.75) is 0 Å². The number of benzene rings is 1. The number of aliphatic hydroxyl groups is 1. The fraction of sp³-hybridized carbons (Fsp3) is 0.462. The van der Waals surface area contributed by atoms with Gasteiger partial charge in [0.25, 0.3) is 5.69 Å². The number of nitrogens with zero attached hydrogens (tertiary/aromatic N) is 4. The van der Waals surface area contributed by atoms with E-state index in [0.717, 1.165) is 13.1 Å². The van der Waals surface area contributed by atoms with Crippen LogP contribution in [0.3, 0.4) is 0 Å². The Morgan fingerprint density at radius 3 is 2.60 bits per heavy atom. The highest BCUT2D eigenvalue weighted by molar-refractivity contribution is 5.66. The number of nitro benzene ring substituents is 1. The third-order valence-electron chi connectivity index (χ3n) is 3.43. The minimum atomic E-state index is -0.420. The summed E-state index contributed by atoms with van der Waals surface area (Å²) in [6, 6.07) is 6.42. The zero-order chi connectivity index (χ0) is 14.5. The molecule has 20 heavy (non-hydrogen) atoms. The van der Waals surface area contributed by atoms with Crippen LogP contribution in [0.15, 0.2) is 18.2 Å². The number of nitro groups is 1. The maximum atomic E-state index is 11.1. The van der Waals surface area contributed by atoms with Gasteiger partial charge in [0.15, 0.2) is 0 Å². The number of β-amino-alcohol motifs (C(OH)–C–C–N with tert-alkyl or cyclic N) is 1. The van der Waals surface area contributed by atoms with Gasteiger partial charge in [-0.1, -0.05) is 0 Å². The molecule has 1 saturated heterocycles. The van der Waals surface area contributed by atoms with E-state index in [4.69, 9.17) is 10.4 Å². The van der Waals surface area contributed by atoms with Gasteiger partial charge < -0.3 is 10.0 Å². The Morgan fingerprint density at radius 2 is 2.05 bits per heavy atom. The fourth-order valence-electron chi connectivity index (χ4n) is 2.35. The molecular weight excluding hydrogens is 260 g/mol. The molecule has 0 spiro atoms. The second-order valence-corrected chi connectivity index (χ2v) is 4.62. The van der Waals surface area contributed by atoms with E-state index < -0.39 is 4.92 Å². The Balaban J connectivity index is 2.20. The van der Waals surface area contributed by atoms with Crippen molar-refractivity contribution in [1.82, 2.24) is 4.90 Å².